The fraction of sp³-hybridized carbons (Fsp3) is 0.400. The first-order valence-electron chi connectivity index (χ1n) is 2.43. The van der Waals surface area contributed by atoms with Gasteiger partial charge in [-0.25, -0.2) is 4.99 Å². The average Bonchev–Trinajstić information content (AvgIpc) is 2.41. The molecule has 2 aliphatic rings. The van der Waals surface area contributed by atoms with Gasteiger partial charge < -0.3 is 4.90 Å². The molecule has 2 heteroatoms. The lowest BCUT2D eigenvalue weighted by molar-refractivity contribution is 0.680. The first kappa shape index (κ1) is 3.24. The normalized spacial score (nSPS) is 24.0. The quantitative estimate of drug-likeness (QED) is 0.392. The van der Waals surface area contributed by atoms with Crippen LogP contribution in [0.5, 0.6) is 0 Å². The predicted molar refractivity (Wildman–Crippen MR) is 28.1 cm³/mol. The van der Waals surface area contributed by atoms with Crippen molar-refractivity contribution in [3.63, 3.8) is 0 Å². The number of hydrogen-bond donors (Lipinski definition) is 0. The van der Waals surface area contributed by atoms with Crippen molar-refractivity contribution in [2.75, 3.05) is 13.1 Å². The lowest BCUT2D eigenvalue weighted by Crippen LogP contribution is -1.98. The summed E-state index contributed by atoms with van der Waals surface area (Å²) in [6, 6.07) is 0. The molecule has 0 unspecified atom stereocenters. The average molecular weight is 94.1 g/mol. The zero-order valence-corrected chi connectivity index (χ0v) is 3.96. The second-order valence-corrected chi connectivity index (χ2v) is 1.81. The Bertz CT molecular complexity index is 146. The summed E-state index contributed by atoms with van der Waals surface area (Å²) in [7, 11) is 0. The molecule has 0 saturated carbocycles. The maximum atomic E-state index is 4.07. The number of aliphatic imine (C=N–C) groups is 1. The van der Waals surface area contributed by atoms with Crippen molar-refractivity contribution in [3.8, 4) is 0 Å². The van der Waals surface area contributed by atoms with E-state index in [1.165, 1.54) is 5.84 Å². The van der Waals surface area contributed by atoms with Crippen molar-refractivity contribution < 1.29 is 0 Å². The summed E-state index contributed by atoms with van der Waals surface area (Å²) in [6.07, 6.45) is 3.94. The van der Waals surface area contributed by atoms with Gasteiger partial charge in [-0.1, -0.05) is 0 Å². The first-order chi connectivity index (χ1) is 3.47. The first-order valence-corrected chi connectivity index (χ1v) is 2.43. The van der Waals surface area contributed by atoms with Gasteiger partial charge in [-0.2, -0.15) is 0 Å². The van der Waals surface area contributed by atoms with E-state index in [0.717, 1.165) is 13.1 Å². The van der Waals surface area contributed by atoms with Gasteiger partial charge in [0.2, 0.25) is 0 Å². The van der Waals surface area contributed by atoms with E-state index in [4.69, 9.17) is 0 Å². The summed E-state index contributed by atoms with van der Waals surface area (Å²) in [4.78, 5) is 6.29. The van der Waals surface area contributed by atoms with E-state index in [2.05, 4.69) is 16.0 Å². The van der Waals surface area contributed by atoms with Crippen LogP contribution in [-0.2, 0) is 0 Å². The molecule has 1 saturated heterocycles. The largest absolute Gasteiger partial charge is 0.347 e. The van der Waals surface area contributed by atoms with Gasteiger partial charge in [0, 0.05) is 12.7 Å². The Balaban J connectivity index is 2.31. The molecule has 0 bridgehead atoms. The maximum absolute atomic E-state index is 4.07. The van der Waals surface area contributed by atoms with Crippen molar-refractivity contribution in [2.45, 2.75) is 0 Å². The molecule has 0 aliphatic carbocycles. The molecule has 2 rings (SSSR count). The number of hydrogen-bond acceptors (Lipinski definition) is 2. The predicted octanol–water partition coefficient (Wildman–Crippen LogP) is 0.228. The molecule has 1 fully saturated rings. The fourth-order valence-electron chi connectivity index (χ4n) is 0.741. The van der Waals surface area contributed by atoms with Crippen LogP contribution in [0.3, 0.4) is 0 Å². The van der Waals surface area contributed by atoms with E-state index in [1.807, 2.05) is 6.20 Å². The Morgan fingerprint density at radius 3 is 3.29 bits per heavy atom. The number of rotatable bonds is 0. The highest BCUT2D eigenvalue weighted by molar-refractivity contribution is 5.98. The van der Waals surface area contributed by atoms with Gasteiger partial charge in [0.15, 0.2) is 0 Å². The van der Waals surface area contributed by atoms with Crippen LogP contribution in [0.25, 0.3) is 0 Å². The highest BCUT2D eigenvalue weighted by atomic mass is 15.3. The molecular formula is C5H6N2. The molecule has 0 atom stereocenters. The van der Waals surface area contributed by atoms with Crippen molar-refractivity contribution in [3.05, 3.63) is 12.3 Å². The molecule has 0 amide bonds. The van der Waals surface area contributed by atoms with E-state index in [1.54, 1.807) is 0 Å². The molecule has 0 radical (unpaired) electrons. The van der Waals surface area contributed by atoms with Crippen LogP contribution >= 0.6 is 0 Å². The van der Waals surface area contributed by atoms with Gasteiger partial charge in [-0.05, 0) is 6.08 Å². The molecule has 7 heavy (non-hydrogen) atoms. The topological polar surface area (TPSA) is 15.4 Å². The summed E-state index contributed by atoms with van der Waals surface area (Å²) >= 11 is 0. The lowest BCUT2D eigenvalue weighted by Gasteiger charge is -1.94. The van der Waals surface area contributed by atoms with Crippen molar-refractivity contribution in [1.29, 1.82) is 0 Å². The minimum Gasteiger partial charge on any atom is -0.347 e. The minimum absolute atomic E-state index is 1.08. The monoisotopic (exact) mass is 94.1 g/mol. The van der Waals surface area contributed by atoms with Crippen molar-refractivity contribution >= 4 is 5.84 Å². The molecular weight excluding hydrogens is 88.1 g/mol. The zero-order valence-electron chi connectivity index (χ0n) is 3.96. The van der Waals surface area contributed by atoms with E-state index in [9.17, 15) is 0 Å². The lowest BCUT2D eigenvalue weighted by atomic mass is 10.6. The van der Waals surface area contributed by atoms with Crippen LogP contribution in [0, 0.1) is 0 Å². The number of fused-ring (bicyclic) bond motifs is 1. The van der Waals surface area contributed by atoms with E-state index in [0.29, 0.717) is 0 Å². The summed E-state index contributed by atoms with van der Waals surface area (Å²) in [5.41, 5.74) is 0. The molecule has 0 N–H and O–H groups in total. The Hall–Kier alpha value is -0.790. The summed E-state index contributed by atoms with van der Waals surface area (Å²) in [5, 5.41) is 0. The zero-order chi connectivity index (χ0) is 4.69. The van der Waals surface area contributed by atoms with Crippen molar-refractivity contribution in [1.82, 2.24) is 4.90 Å². The summed E-state index contributed by atoms with van der Waals surface area (Å²) in [6.45, 7) is 2.19. The number of amidine groups is 1. The molecule has 2 aliphatic heterocycles. The van der Waals surface area contributed by atoms with Crippen LogP contribution in [0.15, 0.2) is 17.3 Å². The molecule has 2 heterocycles. The van der Waals surface area contributed by atoms with Crippen LogP contribution in [0.4, 0.5) is 0 Å². The van der Waals surface area contributed by atoms with Crippen LogP contribution in [0.1, 0.15) is 0 Å². The molecule has 0 aromatic heterocycles. The molecule has 0 aromatic carbocycles. The van der Waals surface area contributed by atoms with Crippen LogP contribution in [-0.4, -0.2) is 23.8 Å². The van der Waals surface area contributed by atoms with Gasteiger partial charge in [-0.3, -0.25) is 0 Å². The van der Waals surface area contributed by atoms with Crippen LogP contribution in [0.2, 0.25) is 0 Å². The molecule has 2 nitrogen and oxygen atoms in total. The van der Waals surface area contributed by atoms with Gasteiger partial charge in [0.1, 0.15) is 5.84 Å². The van der Waals surface area contributed by atoms with E-state index < -0.39 is 0 Å². The smallest absolute Gasteiger partial charge is 0.124 e. The molecule has 0 spiro atoms. The highest BCUT2D eigenvalue weighted by Crippen LogP contribution is 2.12. The highest BCUT2D eigenvalue weighted by Gasteiger charge is 2.26. The van der Waals surface area contributed by atoms with Gasteiger partial charge in [0.25, 0.3) is 0 Å². The van der Waals surface area contributed by atoms with E-state index in [-0.39, 0.29) is 0 Å². The van der Waals surface area contributed by atoms with Crippen LogP contribution < -0.4 is 0 Å². The SMILES string of the molecule is C1=CN=C2CN2C1. The second-order valence-electron chi connectivity index (χ2n) is 1.81. The Labute approximate surface area is 42.2 Å². The van der Waals surface area contributed by atoms with Gasteiger partial charge in [-0.15, -0.1) is 0 Å². The summed E-state index contributed by atoms with van der Waals surface area (Å²) in [5.74, 6) is 1.25. The molecule has 0 aromatic rings. The third-order valence-corrected chi connectivity index (χ3v) is 1.25. The Morgan fingerprint density at radius 1 is 1.71 bits per heavy atom. The van der Waals surface area contributed by atoms with E-state index >= 15 is 0 Å². The maximum Gasteiger partial charge on any atom is 0.124 e. The Kier molecular flexibility index (Phi) is 0.410. The third kappa shape index (κ3) is 0.360. The minimum atomic E-state index is 1.08. The third-order valence-electron chi connectivity index (χ3n) is 1.25. The standard InChI is InChI=1S/C5H6N2/c1-2-6-5-4-7(5)3-1/h1-2H,3-4H2. The van der Waals surface area contributed by atoms with Gasteiger partial charge in [0.05, 0.1) is 6.54 Å². The Morgan fingerprint density at radius 2 is 2.71 bits per heavy atom. The molecule has 36 valence electrons. The summed E-state index contributed by atoms with van der Waals surface area (Å²) < 4.78 is 0. The van der Waals surface area contributed by atoms with Gasteiger partial charge >= 0.3 is 0 Å². The second kappa shape index (κ2) is 0.886. The fourth-order valence-corrected chi connectivity index (χ4v) is 0.741. The number of nitrogens with zero attached hydrogens (tertiary/aromatic N) is 2. The van der Waals surface area contributed by atoms with Crippen molar-refractivity contribution in [2.24, 2.45) is 4.99 Å².